The van der Waals surface area contributed by atoms with Gasteiger partial charge in [0.25, 0.3) is 5.91 Å². The molecule has 0 aliphatic heterocycles. The number of rotatable bonds is 7. The molecule has 1 aromatic heterocycles. The van der Waals surface area contributed by atoms with Gasteiger partial charge in [0, 0.05) is 24.0 Å². The molecule has 0 bridgehead atoms. The van der Waals surface area contributed by atoms with Crippen LogP contribution in [0, 0.1) is 6.92 Å². The summed E-state index contributed by atoms with van der Waals surface area (Å²) < 4.78 is 0. The molecule has 2 aromatic rings. The van der Waals surface area contributed by atoms with Crippen LogP contribution in [-0.4, -0.2) is 23.9 Å². The molecule has 0 atom stereocenters. The molecule has 0 unspecified atom stereocenters. The summed E-state index contributed by atoms with van der Waals surface area (Å²) in [5.74, 6) is 0.0230. The first-order valence-corrected chi connectivity index (χ1v) is 9.38. The Balaban J connectivity index is 2.04. The van der Waals surface area contributed by atoms with Crippen LogP contribution in [0.5, 0.6) is 0 Å². The molecule has 0 saturated carbocycles. The van der Waals surface area contributed by atoms with Crippen molar-refractivity contribution in [2.45, 2.75) is 53.2 Å². The van der Waals surface area contributed by atoms with Crippen LogP contribution in [0.25, 0.3) is 0 Å². The van der Waals surface area contributed by atoms with Gasteiger partial charge >= 0.3 is 0 Å². The number of carbonyl (C=O) groups is 1. The smallest absolute Gasteiger partial charge is 0.261 e. The zero-order chi connectivity index (χ0) is 17.7. The zero-order valence-electron chi connectivity index (χ0n) is 15.3. The number of carbonyl (C=O) groups excluding carboxylic acids is 1. The Labute approximate surface area is 149 Å². The van der Waals surface area contributed by atoms with E-state index in [9.17, 15) is 4.79 Å². The lowest BCUT2D eigenvalue weighted by Crippen LogP contribution is -2.27. The average molecular weight is 345 g/mol. The summed E-state index contributed by atoms with van der Waals surface area (Å²) >= 11 is 1.60. The molecule has 0 aliphatic rings. The van der Waals surface area contributed by atoms with Crippen LogP contribution in [0.2, 0.25) is 0 Å². The topological polar surface area (TPSA) is 32.3 Å². The molecular formula is C20H28N2OS. The summed E-state index contributed by atoms with van der Waals surface area (Å²) in [7, 11) is 2.13. The first-order chi connectivity index (χ1) is 11.4. The van der Waals surface area contributed by atoms with E-state index in [0.29, 0.717) is 12.6 Å². The molecule has 0 aliphatic carbocycles. The van der Waals surface area contributed by atoms with Gasteiger partial charge in [0.1, 0.15) is 0 Å². The molecule has 1 N–H and O–H groups in total. The summed E-state index contributed by atoms with van der Waals surface area (Å²) in [4.78, 5) is 16.8. The largest absolute Gasteiger partial charge is 0.347 e. The lowest BCUT2D eigenvalue weighted by molar-refractivity contribution is 0.0954. The Bertz CT molecular complexity index is 691. The van der Waals surface area contributed by atoms with Crippen LogP contribution in [0.15, 0.2) is 30.3 Å². The Morgan fingerprint density at radius 1 is 1.25 bits per heavy atom. The number of amides is 1. The summed E-state index contributed by atoms with van der Waals surface area (Å²) in [6.45, 7) is 10.0. The van der Waals surface area contributed by atoms with E-state index in [1.165, 1.54) is 21.6 Å². The summed E-state index contributed by atoms with van der Waals surface area (Å²) in [5, 5.41) is 3.08. The van der Waals surface area contributed by atoms with Crippen LogP contribution in [0.3, 0.4) is 0 Å². The fraction of sp³-hybridized carbons (Fsp3) is 0.450. The second-order valence-electron chi connectivity index (χ2n) is 6.53. The van der Waals surface area contributed by atoms with Gasteiger partial charge in [0.2, 0.25) is 0 Å². The van der Waals surface area contributed by atoms with E-state index in [4.69, 9.17) is 0 Å². The fourth-order valence-corrected chi connectivity index (χ4v) is 3.61. The minimum Gasteiger partial charge on any atom is -0.347 e. The highest BCUT2D eigenvalue weighted by molar-refractivity contribution is 7.14. The van der Waals surface area contributed by atoms with Crippen molar-refractivity contribution < 1.29 is 4.79 Å². The maximum Gasteiger partial charge on any atom is 0.261 e. The van der Waals surface area contributed by atoms with Crippen molar-refractivity contribution in [3.05, 3.63) is 56.8 Å². The Hall–Kier alpha value is -1.65. The molecule has 3 nitrogen and oxygen atoms in total. The van der Waals surface area contributed by atoms with Crippen molar-refractivity contribution >= 4 is 17.2 Å². The molecule has 0 spiro atoms. The molecule has 0 saturated heterocycles. The number of nitrogens with one attached hydrogen (secondary N) is 1. The maximum atomic E-state index is 12.4. The molecule has 0 radical (unpaired) electrons. The van der Waals surface area contributed by atoms with Gasteiger partial charge in [-0.15, -0.1) is 11.3 Å². The second-order valence-corrected chi connectivity index (χ2v) is 7.67. The third-order valence-electron chi connectivity index (χ3n) is 4.42. The van der Waals surface area contributed by atoms with Gasteiger partial charge in [0.15, 0.2) is 0 Å². The van der Waals surface area contributed by atoms with E-state index in [-0.39, 0.29) is 5.91 Å². The van der Waals surface area contributed by atoms with Crippen LogP contribution in [-0.2, 0) is 19.5 Å². The normalized spacial score (nSPS) is 11.3. The minimum absolute atomic E-state index is 0.0230. The minimum atomic E-state index is 0.0230. The van der Waals surface area contributed by atoms with Crippen molar-refractivity contribution in [3.63, 3.8) is 0 Å². The quantitative estimate of drug-likeness (QED) is 0.808. The first-order valence-electron chi connectivity index (χ1n) is 8.56. The number of hydrogen-bond acceptors (Lipinski definition) is 3. The zero-order valence-corrected chi connectivity index (χ0v) is 16.2. The summed E-state index contributed by atoms with van der Waals surface area (Å²) in [6, 6.07) is 10.8. The fourth-order valence-electron chi connectivity index (χ4n) is 2.58. The standard InChI is InChI=1S/C20H28N2OS/c1-6-18-15(4)11-19(24-18)20(23)21-12-16-9-7-8-10-17(16)13-22(5)14(2)3/h7-11,14H,6,12-13H2,1-5H3,(H,21,23). The highest BCUT2D eigenvalue weighted by Gasteiger charge is 2.13. The summed E-state index contributed by atoms with van der Waals surface area (Å²) in [6.07, 6.45) is 0.980. The first kappa shape index (κ1) is 18.7. The van der Waals surface area contributed by atoms with Gasteiger partial charge in [-0.05, 0) is 57.0 Å². The molecular weight excluding hydrogens is 316 g/mol. The SMILES string of the molecule is CCc1sc(C(=O)NCc2ccccc2CN(C)C(C)C)cc1C. The van der Waals surface area contributed by atoms with Crippen LogP contribution >= 0.6 is 11.3 Å². The van der Waals surface area contributed by atoms with E-state index in [2.05, 4.69) is 63.2 Å². The molecule has 1 aromatic carbocycles. The molecule has 24 heavy (non-hydrogen) atoms. The molecule has 1 amide bonds. The highest BCUT2D eigenvalue weighted by Crippen LogP contribution is 2.22. The van der Waals surface area contributed by atoms with Crippen LogP contribution in [0.1, 0.15) is 52.0 Å². The van der Waals surface area contributed by atoms with Gasteiger partial charge in [0.05, 0.1) is 4.88 Å². The van der Waals surface area contributed by atoms with Gasteiger partial charge in [-0.3, -0.25) is 9.69 Å². The number of nitrogens with zero attached hydrogens (tertiary/aromatic N) is 1. The number of benzene rings is 1. The number of aryl methyl sites for hydroxylation is 2. The van der Waals surface area contributed by atoms with Crippen molar-refractivity contribution in [1.29, 1.82) is 0 Å². The third-order valence-corrected chi connectivity index (χ3v) is 5.80. The third kappa shape index (κ3) is 4.68. The highest BCUT2D eigenvalue weighted by atomic mass is 32.1. The van der Waals surface area contributed by atoms with Crippen LogP contribution < -0.4 is 5.32 Å². The van der Waals surface area contributed by atoms with Gasteiger partial charge in [-0.2, -0.15) is 0 Å². The molecule has 0 fully saturated rings. The van der Waals surface area contributed by atoms with E-state index in [1.54, 1.807) is 11.3 Å². The maximum absolute atomic E-state index is 12.4. The average Bonchev–Trinajstić information content (AvgIpc) is 2.94. The van der Waals surface area contributed by atoms with Crippen LogP contribution in [0.4, 0.5) is 0 Å². The van der Waals surface area contributed by atoms with Gasteiger partial charge < -0.3 is 5.32 Å². The van der Waals surface area contributed by atoms with Crippen molar-refractivity contribution in [2.24, 2.45) is 0 Å². The molecule has 130 valence electrons. The Morgan fingerprint density at radius 3 is 2.50 bits per heavy atom. The lowest BCUT2D eigenvalue weighted by atomic mass is 10.1. The molecule has 1 heterocycles. The number of thiophene rings is 1. The predicted octanol–water partition coefficient (Wildman–Crippen LogP) is 4.39. The monoisotopic (exact) mass is 344 g/mol. The van der Waals surface area contributed by atoms with Crippen molar-refractivity contribution in [3.8, 4) is 0 Å². The van der Waals surface area contributed by atoms with E-state index < -0.39 is 0 Å². The number of hydrogen-bond donors (Lipinski definition) is 1. The van der Waals surface area contributed by atoms with Gasteiger partial charge in [-0.1, -0.05) is 31.2 Å². The Kier molecular flexibility index (Phi) is 6.58. The predicted molar refractivity (Wildman–Crippen MR) is 103 cm³/mol. The van der Waals surface area contributed by atoms with E-state index in [0.717, 1.165) is 17.8 Å². The molecule has 2 rings (SSSR count). The van der Waals surface area contributed by atoms with E-state index in [1.807, 2.05) is 12.1 Å². The second kappa shape index (κ2) is 8.45. The Morgan fingerprint density at radius 2 is 1.92 bits per heavy atom. The lowest BCUT2D eigenvalue weighted by Gasteiger charge is -2.22. The summed E-state index contributed by atoms with van der Waals surface area (Å²) in [5.41, 5.74) is 3.67. The van der Waals surface area contributed by atoms with Crippen molar-refractivity contribution in [1.82, 2.24) is 10.2 Å². The van der Waals surface area contributed by atoms with Gasteiger partial charge in [-0.25, -0.2) is 0 Å². The molecule has 4 heteroatoms. The van der Waals surface area contributed by atoms with E-state index >= 15 is 0 Å². The van der Waals surface area contributed by atoms with Crippen molar-refractivity contribution in [2.75, 3.05) is 7.05 Å².